The van der Waals surface area contributed by atoms with E-state index in [-0.39, 0.29) is 30.0 Å². The van der Waals surface area contributed by atoms with Gasteiger partial charge in [-0.25, -0.2) is 9.78 Å². The number of piperidine rings is 1. The lowest BCUT2D eigenvalue weighted by Gasteiger charge is -2.44. The number of likely N-dealkylation sites (tertiary alicyclic amines) is 1. The molecule has 4 heterocycles. The van der Waals surface area contributed by atoms with E-state index in [1.54, 1.807) is 27.0 Å². The third-order valence-electron chi connectivity index (χ3n) is 7.77. The fraction of sp³-hybridized carbons (Fsp3) is 0.290. The zero-order valence-electron chi connectivity index (χ0n) is 23.9. The second-order valence-corrected chi connectivity index (χ2v) is 11.6. The summed E-state index contributed by atoms with van der Waals surface area (Å²) in [5.41, 5.74) is 14.4. The number of hydrogen-bond donors (Lipinski definition) is 2. The van der Waals surface area contributed by atoms with Crippen LogP contribution in [0.5, 0.6) is 11.5 Å². The van der Waals surface area contributed by atoms with Crippen molar-refractivity contribution < 1.29 is 23.9 Å². The molecule has 222 valence electrons. The number of nitrogens with zero attached hydrogens (tertiary/aromatic N) is 4. The number of benzene rings is 2. The molecule has 0 aliphatic carbocycles. The Morgan fingerprint density at radius 1 is 1.12 bits per heavy atom. The standard InChI is InChI=1S/C31H32N6O5S/c1-18-15-21(42-20-8-4-3-5-9-20)10-11-23(18)37-24-12-13-34-29-25(24)26(27(43-29)28(33)38)36(31(37)40)19-7-6-14-35(16-19)30(39)22(32)17-41-2/h3-5,8-13,15,19,22H,6-7,14,16-17,32H2,1-2H3,(H2,33,38)/t19-,22-/m1/s1. The molecule has 43 heavy (non-hydrogen) atoms. The van der Waals surface area contributed by atoms with Crippen LogP contribution in [0.3, 0.4) is 0 Å². The Hall–Kier alpha value is -4.52. The summed E-state index contributed by atoms with van der Waals surface area (Å²) in [4.78, 5) is 50.8. The number of aryl methyl sites for hydroxylation is 1. The SMILES string of the molecule is COC[C@@H](N)C(=O)N1CCC[C@@H](N2C(=O)N(c3ccc(Oc4ccccc4)cc3C)c3ccnc4sc(C(N)=O)c2c34)C1. The highest BCUT2D eigenvalue weighted by molar-refractivity contribution is 7.21. The molecular weight excluding hydrogens is 568 g/mol. The number of anilines is 3. The van der Waals surface area contributed by atoms with Crippen LogP contribution in [0.1, 0.15) is 28.1 Å². The van der Waals surface area contributed by atoms with Gasteiger partial charge in [-0.1, -0.05) is 18.2 Å². The molecule has 0 unspecified atom stereocenters. The van der Waals surface area contributed by atoms with Crippen LogP contribution in [0.4, 0.5) is 21.9 Å². The molecule has 2 aromatic heterocycles. The van der Waals surface area contributed by atoms with E-state index in [1.807, 2.05) is 55.5 Å². The average Bonchev–Trinajstić information content (AvgIpc) is 3.39. The highest BCUT2D eigenvalue weighted by atomic mass is 32.1. The molecule has 2 atom stereocenters. The number of rotatable bonds is 8. The quantitative estimate of drug-likeness (QED) is 0.302. The number of methoxy groups -OCH3 is 1. The van der Waals surface area contributed by atoms with Crippen LogP contribution in [0.25, 0.3) is 10.2 Å². The molecule has 0 radical (unpaired) electrons. The monoisotopic (exact) mass is 600 g/mol. The first-order valence-electron chi connectivity index (χ1n) is 14.0. The molecule has 6 rings (SSSR count). The fourth-order valence-corrected chi connectivity index (χ4v) is 6.88. The Labute approximate surface area is 252 Å². The van der Waals surface area contributed by atoms with Crippen molar-refractivity contribution in [1.82, 2.24) is 9.88 Å². The highest BCUT2D eigenvalue weighted by Crippen LogP contribution is 2.50. The van der Waals surface area contributed by atoms with E-state index in [9.17, 15) is 14.4 Å². The number of carbonyl (C=O) groups excluding carboxylic acids is 3. The van der Waals surface area contributed by atoms with Crippen molar-refractivity contribution in [3.63, 3.8) is 0 Å². The molecule has 0 spiro atoms. The lowest BCUT2D eigenvalue weighted by Crippen LogP contribution is -2.58. The zero-order chi connectivity index (χ0) is 30.2. The third kappa shape index (κ3) is 5.18. The largest absolute Gasteiger partial charge is 0.457 e. The van der Waals surface area contributed by atoms with E-state index in [4.69, 9.17) is 20.9 Å². The lowest BCUT2D eigenvalue weighted by atomic mass is 9.99. The summed E-state index contributed by atoms with van der Waals surface area (Å²) in [6.07, 6.45) is 2.90. The van der Waals surface area contributed by atoms with Gasteiger partial charge in [0.25, 0.3) is 5.91 Å². The Kier molecular flexibility index (Phi) is 7.74. The smallest absolute Gasteiger partial charge is 0.334 e. The molecule has 4 aromatic rings. The summed E-state index contributed by atoms with van der Waals surface area (Å²) in [7, 11) is 1.49. The van der Waals surface area contributed by atoms with Gasteiger partial charge >= 0.3 is 6.03 Å². The second kappa shape index (κ2) is 11.6. The maximum Gasteiger partial charge on any atom is 0.334 e. The van der Waals surface area contributed by atoms with Crippen LogP contribution in [0.2, 0.25) is 0 Å². The number of ether oxygens (including phenoxy) is 2. The number of pyridine rings is 1. The lowest BCUT2D eigenvalue weighted by molar-refractivity contribution is -0.134. The fourth-order valence-electron chi connectivity index (χ4n) is 5.87. The summed E-state index contributed by atoms with van der Waals surface area (Å²) < 4.78 is 11.1. The van der Waals surface area contributed by atoms with E-state index >= 15 is 0 Å². The Morgan fingerprint density at radius 2 is 1.91 bits per heavy atom. The van der Waals surface area contributed by atoms with Crippen LogP contribution in [-0.4, -0.2) is 66.6 Å². The summed E-state index contributed by atoms with van der Waals surface area (Å²) in [5, 5.41) is 0.671. The van der Waals surface area contributed by atoms with Crippen LogP contribution in [-0.2, 0) is 9.53 Å². The predicted molar refractivity (Wildman–Crippen MR) is 165 cm³/mol. The minimum absolute atomic E-state index is 0.0930. The van der Waals surface area contributed by atoms with Crippen LogP contribution in [0, 0.1) is 6.92 Å². The first-order valence-corrected chi connectivity index (χ1v) is 14.8. The molecule has 0 bridgehead atoms. The van der Waals surface area contributed by atoms with Crippen molar-refractivity contribution in [3.05, 3.63) is 71.2 Å². The number of aromatic nitrogens is 1. The molecule has 2 aliphatic rings. The molecule has 4 amide bonds. The number of thiophene rings is 1. The van der Waals surface area contributed by atoms with Crippen molar-refractivity contribution in [2.75, 3.05) is 36.6 Å². The van der Waals surface area contributed by atoms with Crippen LogP contribution in [0.15, 0.2) is 60.8 Å². The number of nitrogens with two attached hydrogens (primary N) is 2. The number of hydrogen-bond acceptors (Lipinski definition) is 8. The predicted octanol–water partition coefficient (Wildman–Crippen LogP) is 4.54. The van der Waals surface area contributed by atoms with Gasteiger partial charge in [0.15, 0.2) is 0 Å². The second-order valence-electron chi connectivity index (χ2n) is 10.6. The van der Waals surface area contributed by atoms with E-state index in [2.05, 4.69) is 4.98 Å². The van der Waals surface area contributed by atoms with Crippen LogP contribution < -0.4 is 26.0 Å². The average molecular weight is 601 g/mol. The van der Waals surface area contributed by atoms with Gasteiger partial charge in [0.05, 0.1) is 35.1 Å². The van der Waals surface area contributed by atoms with Gasteiger partial charge < -0.3 is 25.8 Å². The van der Waals surface area contributed by atoms with Crippen molar-refractivity contribution >= 4 is 56.5 Å². The first kappa shape index (κ1) is 28.6. The topological polar surface area (TPSA) is 144 Å². The van der Waals surface area contributed by atoms with Crippen molar-refractivity contribution in [3.8, 4) is 11.5 Å². The van der Waals surface area contributed by atoms with E-state index in [1.165, 1.54) is 7.11 Å². The van der Waals surface area contributed by atoms with Crippen molar-refractivity contribution in [2.24, 2.45) is 11.5 Å². The minimum atomic E-state index is -0.810. The number of carbonyl (C=O) groups is 3. The molecule has 1 saturated heterocycles. The van der Waals surface area contributed by atoms with Gasteiger partial charge in [0.2, 0.25) is 5.91 Å². The molecular formula is C31H32N6O5S. The van der Waals surface area contributed by atoms with Gasteiger partial charge in [-0.05, 0) is 61.7 Å². The number of para-hydroxylation sites is 1. The van der Waals surface area contributed by atoms with Gasteiger partial charge in [-0.2, -0.15) is 0 Å². The molecule has 2 aromatic carbocycles. The molecule has 0 saturated carbocycles. The molecule has 11 nitrogen and oxygen atoms in total. The van der Waals surface area contributed by atoms with Gasteiger partial charge in [-0.15, -0.1) is 11.3 Å². The zero-order valence-corrected chi connectivity index (χ0v) is 24.7. The van der Waals surface area contributed by atoms with E-state index < -0.39 is 18.0 Å². The number of primary amides is 1. The maximum atomic E-state index is 14.6. The van der Waals surface area contributed by atoms with Gasteiger partial charge in [0, 0.05) is 26.4 Å². The molecule has 1 fully saturated rings. The van der Waals surface area contributed by atoms with E-state index in [0.717, 1.165) is 16.9 Å². The van der Waals surface area contributed by atoms with Gasteiger partial charge in [0.1, 0.15) is 27.2 Å². The Balaban J connectivity index is 1.43. The van der Waals surface area contributed by atoms with Crippen molar-refractivity contribution in [1.29, 1.82) is 0 Å². The summed E-state index contributed by atoms with van der Waals surface area (Å²) in [6, 6.07) is 15.2. The van der Waals surface area contributed by atoms with Crippen LogP contribution >= 0.6 is 11.3 Å². The molecule has 2 aliphatic heterocycles. The Bertz CT molecular complexity index is 1710. The highest BCUT2D eigenvalue weighted by Gasteiger charge is 2.43. The summed E-state index contributed by atoms with van der Waals surface area (Å²) in [6.45, 7) is 2.78. The molecule has 12 heteroatoms. The first-order chi connectivity index (χ1) is 20.8. The van der Waals surface area contributed by atoms with E-state index in [0.29, 0.717) is 58.2 Å². The third-order valence-corrected chi connectivity index (χ3v) is 8.87. The van der Waals surface area contributed by atoms with Crippen molar-refractivity contribution in [2.45, 2.75) is 31.8 Å². The minimum Gasteiger partial charge on any atom is -0.457 e. The van der Waals surface area contributed by atoms with Gasteiger partial charge in [-0.3, -0.25) is 19.4 Å². The normalized spacial score (nSPS) is 17.3. The summed E-state index contributed by atoms with van der Waals surface area (Å²) >= 11 is 1.16. The number of urea groups is 1. The molecule has 4 N–H and O–H groups in total. The Morgan fingerprint density at radius 3 is 2.63 bits per heavy atom. The summed E-state index contributed by atoms with van der Waals surface area (Å²) in [5.74, 6) is 0.453. The maximum absolute atomic E-state index is 14.6. The number of amides is 4.